The van der Waals surface area contributed by atoms with Gasteiger partial charge in [0.15, 0.2) is 0 Å². The van der Waals surface area contributed by atoms with E-state index in [4.69, 9.17) is 0 Å². The molecule has 0 saturated carbocycles. The summed E-state index contributed by atoms with van der Waals surface area (Å²) in [5, 5.41) is 8.94. The lowest BCUT2D eigenvalue weighted by molar-refractivity contribution is 0.269. The van der Waals surface area contributed by atoms with Gasteiger partial charge in [0, 0.05) is 30.9 Å². The van der Waals surface area contributed by atoms with Crippen LogP contribution in [0.1, 0.15) is 53.1 Å². The zero-order valence-corrected chi connectivity index (χ0v) is 18.0. The highest BCUT2D eigenvalue weighted by Crippen LogP contribution is 2.21. The molecule has 0 fully saturated rings. The molecule has 6 nitrogen and oxygen atoms in total. The third kappa shape index (κ3) is 4.33. The molecule has 3 rings (SSSR count). The van der Waals surface area contributed by atoms with Gasteiger partial charge in [-0.3, -0.25) is 9.58 Å². The van der Waals surface area contributed by atoms with Crippen LogP contribution in [0.3, 0.4) is 0 Å². The molecule has 0 saturated heterocycles. The number of nitrogens with zero attached hydrogens (tertiary/aromatic N) is 6. The van der Waals surface area contributed by atoms with Crippen molar-refractivity contribution in [3.8, 4) is 0 Å². The molecule has 0 amide bonds. The predicted octanol–water partition coefficient (Wildman–Crippen LogP) is 3.80. The van der Waals surface area contributed by atoms with E-state index in [9.17, 15) is 0 Å². The van der Waals surface area contributed by atoms with Crippen molar-refractivity contribution < 1.29 is 0 Å². The van der Waals surface area contributed by atoms with E-state index in [0.717, 1.165) is 38.4 Å². The van der Waals surface area contributed by atoms with Crippen LogP contribution in [0, 0.1) is 27.7 Å². The van der Waals surface area contributed by atoms with E-state index in [-0.39, 0.29) is 0 Å². The Bertz CT molecular complexity index is 923. The lowest BCUT2D eigenvalue weighted by atomic mass is 9.99. The Labute approximate surface area is 168 Å². The van der Waals surface area contributed by atoms with Gasteiger partial charge in [0.25, 0.3) is 0 Å². The molecular weight excluding hydrogens is 348 g/mol. The van der Waals surface area contributed by atoms with Gasteiger partial charge >= 0.3 is 0 Å². The average molecular weight is 381 g/mol. The van der Waals surface area contributed by atoms with E-state index < -0.39 is 0 Å². The molecule has 0 atom stereocenters. The summed E-state index contributed by atoms with van der Waals surface area (Å²) in [6.07, 6.45) is 3.36. The maximum absolute atomic E-state index is 4.68. The first-order chi connectivity index (χ1) is 13.4. The van der Waals surface area contributed by atoms with Gasteiger partial charge in [-0.15, -0.1) is 0 Å². The standard InChI is InChI=1S/C22H32N6/c1-7-26(13-22-18(5)25-28(8-2)19(22)6)11-20-10-21(17(4)9-16(20)3)12-27-15-23-14-24-27/h9-10,14-15H,7-8,11-13H2,1-6H3. The molecule has 3 aromatic rings. The second kappa shape index (κ2) is 8.69. The van der Waals surface area contributed by atoms with Gasteiger partial charge in [0.1, 0.15) is 12.7 Å². The predicted molar refractivity (Wildman–Crippen MR) is 112 cm³/mol. The van der Waals surface area contributed by atoms with E-state index in [1.807, 2.05) is 4.68 Å². The number of hydrogen-bond acceptors (Lipinski definition) is 4. The van der Waals surface area contributed by atoms with Gasteiger partial charge in [-0.05, 0) is 63.4 Å². The minimum atomic E-state index is 0.757. The van der Waals surface area contributed by atoms with Crippen LogP contribution in [-0.2, 0) is 26.2 Å². The van der Waals surface area contributed by atoms with Gasteiger partial charge in [-0.25, -0.2) is 9.67 Å². The van der Waals surface area contributed by atoms with Gasteiger partial charge < -0.3 is 0 Å². The molecule has 6 heteroatoms. The first kappa shape index (κ1) is 20.3. The smallest absolute Gasteiger partial charge is 0.137 e. The van der Waals surface area contributed by atoms with Crippen molar-refractivity contribution in [2.75, 3.05) is 6.54 Å². The van der Waals surface area contributed by atoms with Crippen LogP contribution in [0.5, 0.6) is 0 Å². The third-order valence-electron chi connectivity index (χ3n) is 5.65. The van der Waals surface area contributed by atoms with Crippen molar-refractivity contribution in [1.29, 1.82) is 0 Å². The van der Waals surface area contributed by atoms with Gasteiger partial charge in [0.05, 0.1) is 12.2 Å². The molecular formula is C22H32N6. The lowest BCUT2D eigenvalue weighted by Crippen LogP contribution is -2.23. The van der Waals surface area contributed by atoms with Crippen molar-refractivity contribution in [3.63, 3.8) is 0 Å². The largest absolute Gasteiger partial charge is 0.295 e. The maximum atomic E-state index is 4.68. The molecule has 0 aliphatic heterocycles. The Balaban J connectivity index is 1.81. The van der Waals surface area contributed by atoms with E-state index in [1.54, 1.807) is 12.7 Å². The van der Waals surface area contributed by atoms with Crippen LogP contribution < -0.4 is 0 Å². The van der Waals surface area contributed by atoms with E-state index in [2.05, 4.69) is 78.4 Å². The molecule has 0 aliphatic rings. The second-order valence-corrected chi connectivity index (χ2v) is 7.57. The molecule has 0 aliphatic carbocycles. The number of rotatable bonds is 8. The quantitative estimate of drug-likeness (QED) is 0.596. The lowest BCUT2D eigenvalue weighted by Gasteiger charge is -2.23. The summed E-state index contributed by atoms with van der Waals surface area (Å²) in [4.78, 5) is 6.55. The fourth-order valence-corrected chi connectivity index (χ4v) is 3.79. The van der Waals surface area contributed by atoms with E-state index >= 15 is 0 Å². The van der Waals surface area contributed by atoms with Crippen LogP contribution in [0.15, 0.2) is 24.8 Å². The number of benzene rings is 1. The Morgan fingerprint density at radius 2 is 1.71 bits per heavy atom. The first-order valence-electron chi connectivity index (χ1n) is 10.1. The molecule has 0 spiro atoms. The van der Waals surface area contributed by atoms with Crippen molar-refractivity contribution in [2.45, 2.75) is 67.7 Å². The van der Waals surface area contributed by atoms with Crippen LogP contribution in [0.25, 0.3) is 0 Å². The fourth-order valence-electron chi connectivity index (χ4n) is 3.79. The summed E-state index contributed by atoms with van der Waals surface area (Å²) in [5.41, 5.74) is 9.10. The summed E-state index contributed by atoms with van der Waals surface area (Å²) >= 11 is 0. The monoisotopic (exact) mass is 380 g/mol. The Morgan fingerprint density at radius 1 is 0.964 bits per heavy atom. The number of aromatic nitrogens is 5. The van der Waals surface area contributed by atoms with Crippen LogP contribution in [-0.4, -0.2) is 36.0 Å². The summed E-state index contributed by atoms with van der Waals surface area (Å²) in [6, 6.07) is 4.63. The molecule has 1 aromatic carbocycles. The zero-order valence-electron chi connectivity index (χ0n) is 18.0. The van der Waals surface area contributed by atoms with Crippen molar-refractivity contribution in [3.05, 3.63) is 64.0 Å². The number of hydrogen-bond donors (Lipinski definition) is 0. The van der Waals surface area contributed by atoms with Crippen molar-refractivity contribution in [1.82, 2.24) is 29.4 Å². The Morgan fingerprint density at radius 3 is 2.32 bits per heavy atom. The Hall–Kier alpha value is -2.47. The summed E-state index contributed by atoms with van der Waals surface area (Å²) in [7, 11) is 0. The topological polar surface area (TPSA) is 51.8 Å². The minimum absolute atomic E-state index is 0.757. The zero-order chi connectivity index (χ0) is 20.3. The molecule has 2 heterocycles. The summed E-state index contributed by atoms with van der Waals surface area (Å²) in [6.45, 7) is 17.6. The minimum Gasteiger partial charge on any atom is -0.295 e. The second-order valence-electron chi connectivity index (χ2n) is 7.57. The fraction of sp³-hybridized carbons (Fsp3) is 0.500. The van der Waals surface area contributed by atoms with Gasteiger partial charge in [0.2, 0.25) is 0 Å². The average Bonchev–Trinajstić information content (AvgIpc) is 3.27. The van der Waals surface area contributed by atoms with Gasteiger partial charge in [-0.1, -0.05) is 19.1 Å². The van der Waals surface area contributed by atoms with Crippen LogP contribution in [0.2, 0.25) is 0 Å². The highest BCUT2D eigenvalue weighted by molar-refractivity contribution is 5.37. The molecule has 2 aromatic heterocycles. The van der Waals surface area contributed by atoms with Gasteiger partial charge in [-0.2, -0.15) is 10.2 Å². The Kier molecular flexibility index (Phi) is 6.29. The third-order valence-corrected chi connectivity index (χ3v) is 5.65. The molecule has 0 unspecified atom stereocenters. The van der Waals surface area contributed by atoms with Crippen LogP contribution >= 0.6 is 0 Å². The first-order valence-corrected chi connectivity index (χ1v) is 10.1. The highest BCUT2D eigenvalue weighted by Gasteiger charge is 2.15. The maximum Gasteiger partial charge on any atom is 0.137 e. The molecule has 28 heavy (non-hydrogen) atoms. The van der Waals surface area contributed by atoms with E-state index in [0.29, 0.717) is 0 Å². The van der Waals surface area contributed by atoms with Crippen molar-refractivity contribution in [2.24, 2.45) is 0 Å². The SMILES string of the molecule is CCN(Cc1cc(Cn2cncn2)c(C)cc1C)Cc1c(C)nn(CC)c1C. The van der Waals surface area contributed by atoms with Crippen molar-refractivity contribution >= 4 is 0 Å². The van der Waals surface area contributed by atoms with Crippen LogP contribution in [0.4, 0.5) is 0 Å². The molecule has 0 N–H and O–H groups in total. The molecule has 0 radical (unpaired) electrons. The van der Waals surface area contributed by atoms with E-state index in [1.165, 1.54) is 33.5 Å². The molecule has 150 valence electrons. The summed E-state index contributed by atoms with van der Waals surface area (Å²) < 4.78 is 3.98. The summed E-state index contributed by atoms with van der Waals surface area (Å²) in [5.74, 6) is 0. The molecule has 0 bridgehead atoms. The highest BCUT2D eigenvalue weighted by atomic mass is 15.3. The number of aryl methyl sites for hydroxylation is 4. The normalized spacial score (nSPS) is 11.5.